The number of nitrogens with one attached hydrogen (secondary N) is 1. The highest BCUT2D eigenvalue weighted by Crippen LogP contribution is 2.07. The van der Waals surface area contributed by atoms with E-state index in [1.54, 1.807) is 6.92 Å². The summed E-state index contributed by atoms with van der Waals surface area (Å²) in [4.78, 5) is 3.78. The fourth-order valence-electron chi connectivity index (χ4n) is 1.27. The summed E-state index contributed by atoms with van der Waals surface area (Å²) in [5, 5.41) is 8.75. The summed E-state index contributed by atoms with van der Waals surface area (Å²) in [7, 11) is -2.13. The van der Waals surface area contributed by atoms with Crippen LogP contribution in [0.15, 0.2) is 23.4 Å². The van der Waals surface area contributed by atoms with Gasteiger partial charge in [0.2, 0.25) is 0 Å². The third kappa shape index (κ3) is 4.04. The first-order valence-corrected chi connectivity index (χ1v) is 6.55. The summed E-state index contributed by atoms with van der Waals surface area (Å²) in [6.45, 7) is 1.82. The van der Waals surface area contributed by atoms with Gasteiger partial charge in [-0.2, -0.15) is 0 Å². The maximum Gasteiger partial charge on any atom is 0.258 e. The molecule has 0 saturated carbocycles. The van der Waals surface area contributed by atoms with Gasteiger partial charge in [0.05, 0.1) is 13.2 Å². The standard InChI is InChI=1S/C10H16N2O4S/c1-8(7-16-2)12-17(14,15)10-4-3-9(6-13)5-11-10/h3-5,8,12-13H,6-7H2,1-2H3. The van der Waals surface area contributed by atoms with Gasteiger partial charge >= 0.3 is 0 Å². The molecule has 2 N–H and O–H groups in total. The average Bonchev–Trinajstić information content (AvgIpc) is 2.28. The van der Waals surface area contributed by atoms with Crippen molar-refractivity contribution in [2.24, 2.45) is 0 Å². The van der Waals surface area contributed by atoms with Gasteiger partial charge in [-0.25, -0.2) is 18.1 Å². The third-order valence-corrected chi connectivity index (χ3v) is 3.53. The molecule has 0 aliphatic carbocycles. The number of ether oxygens (including phenoxy) is 1. The molecule has 0 aliphatic heterocycles. The number of hydrogen-bond acceptors (Lipinski definition) is 5. The maximum atomic E-state index is 11.8. The summed E-state index contributed by atoms with van der Waals surface area (Å²) in [6, 6.07) is 2.54. The summed E-state index contributed by atoms with van der Waals surface area (Å²) in [5.74, 6) is 0. The van der Waals surface area contributed by atoms with Crippen molar-refractivity contribution in [1.82, 2.24) is 9.71 Å². The van der Waals surface area contributed by atoms with Gasteiger partial charge < -0.3 is 9.84 Å². The van der Waals surface area contributed by atoms with Crippen LogP contribution in [-0.2, 0) is 21.4 Å². The lowest BCUT2D eigenvalue weighted by molar-refractivity contribution is 0.180. The van der Waals surface area contributed by atoms with Crippen molar-refractivity contribution in [3.63, 3.8) is 0 Å². The highest BCUT2D eigenvalue weighted by Gasteiger charge is 2.18. The lowest BCUT2D eigenvalue weighted by Crippen LogP contribution is -2.36. The molecule has 1 heterocycles. The van der Waals surface area contributed by atoms with Crippen molar-refractivity contribution in [2.45, 2.75) is 24.6 Å². The number of hydrogen-bond donors (Lipinski definition) is 2. The van der Waals surface area contributed by atoms with Gasteiger partial charge in [-0.05, 0) is 18.6 Å². The van der Waals surface area contributed by atoms with Gasteiger partial charge in [-0.1, -0.05) is 6.07 Å². The van der Waals surface area contributed by atoms with Crippen molar-refractivity contribution in [3.8, 4) is 0 Å². The van der Waals surface area contributed by atoms with Crippen LogP contribution in [0.2, 0.25) is 0 Å². The van der Waals surface area contributed by atoms with E-state index in [1.165, 1.54) is 25.4 Å². The van der Waals surface area contributed by atoms with Gasteiger partial charge in [-0.3, -0.25) is 0 Å². The fourth-order valence-corrected chi connectivity index (χ4v) is 2.43. The summed E-state index contributed by atoms with van der Waals surface area (Å²) in [6.07, 6.45) is 1.33. The predicted octanol–water partition coefficient (Wildman–Crippen LogP) is -0.113. The van der Waals surface area contributed by atoms with Crippen LogP contribution in [0.1, 0.15) is 12.5 Å². The molecule has 0 aromatic carbocycles. The van der Waals surface area contributed by atoms with Crippen LogP contribution in [0.4, 0.5) is 0 Å². The fraction of sp³-hybridized carbons (Fsp3) is 0.500. The van der Waals surface area contributed by atoms with Gasteiger partial charge in [0.25, 0.3) is 10.0 Å². The molecule has 0 amide bonds. The number of pyridine rings is 1. The lowest BCUT2D eigenvalue weighted by Gasteiger charge is -2.12. The quantitative estimate of drug-likeness (QED) is 0.745. The number of rotatable bonds is 6. The second kappa shape index (κ2) is 6.06. The molecule has 1 aromatic heterocycles. The van der Waals surface area contributed by atoms with Gasteiger partial charge in [0.1, 0.15) is 0 Å². The zero-order chi connectivity index (χ0) is 12.9. The Kier molecular flexibility index (Phi) is 5.01. The Morgan fingerprint density at radius 1 is 1.53 bits per heavy atom. The molecule has 0 aliphatic rings. The molecule has 96 valence electrons. The Labute approximate surface area is 101 Å². The molecular formula is C10H16N2O4S. The van der Waals surface area contributed by atoms with Gasteiger partial charge in [-0.15, -0.1) is 0 Å². The lowest BCUT2D eigenvalue weighted by atomic mass is 10.3. The first-order valence-electron chi connectivity index (χ1n) is 5.06. The molecule has 0 fully saturated rings. The largest absolute Gasteiger partial charge is 0.392 e. The summed E-state index contributed by atoms with van der Waals surface area (Å²) in [5.41, 5.74) is 0.564. The van der Waals surface area contributed by atoms with Crippen LogP contribution in [0.25, 0.3) is 0 Å². The maximum absolute atomic E-state index is 11.8. The molecule has 1 unspecified atom stereocenters. The smallest absolute Gasteiger partial charge is 0.258 e. The van der Waals surface area contributed by atoms with E-state index in [1.807, 2.05) is 0 Å². The van der Waals surface area contributed by atoms with Crippen LogP contribution in [-0.4, -0.2) is 38.3 Å². The second-order valence-corrected chi connectivity index (χ2v) is 5.30. The monoisotopic (exact) mass is 260 g/mol. The van der Waals surface area contributed by atoms with Crippen LogP contribution in [0, 0.1) is 0 Å². The van der Waals surface area contributed by atoms with Crippen LogP contribution in [0.3, 0.4) is 0 Å². The van der Waals surface area contributed by atoms with E-state index >= 15 is 0 Å². The van der Waals surface area contributed by atoms with Gasteiger partial charge in [0, 0.05) is 19.3 Å². The molecule has 0 radical (unpaired) electrons. The molecule has 0 saturated heterocycles. The van der Waals surface area contributed by atoms with E-state index < -0.39 is 10.0 Å². The Hall–Kier alpha value is -1.02. The molecule has 1 aromatic rings. The van der Waals surface area contributed by atoms with E-state index in [9.17, 15) is 8.42 Å². The molecule has 1 atom stereocenters. The molecular weight excluding hydrogens is 244 g/mol. The first-order chi connectivity index (χ1) is 7.99. The van der Waals surface area contributed by atoms with E-state index in [2.05, 4.69) is 9.71 Å². The zero-order valence-corrected chi connectivity index (χ0v) is 10.6. The predicted molar refractivity (Wildman–Crippen MR) is 61.8 cm³/mol. The van der Waals surface area contributed by atoms with E-state index in [-0.39, 0.29) is 24.3 Å². The molecule has 7 heteroatoms. The number of aliphatic hydroxyl groups excluding tert-OH is 1. The zero-order valence-electron chi connectivity index (χ0n) is 9.75. The van der Waals surface area contributed by atoms with Crippen molar-refractivity contribution < 1.29 is 18.3 Å². The highest BCUT2D eigenvalue weighted by atomic mass is 32.2. The Bertz CT molecular complexity index is 444. The van der Waals surface area contributed by atoms with E-state index in [4.69, 9.17) is 9.84 Å². The van der Waals surface area contributed by atoms with Crippen LogP contribution in [0.5, 0.6) is 0 Å². The van der Waals surface area contributed by atoms with Crippen molar-refractivity contribution in [3.05, 3.63) is 23.9 Å². The topological polar surface area (TPSA) is 88.5 Å². The van der Waals surface area contributed by atoms with Crippen molar-refractivity contribution in [2.75, 3.05) is 13.7 Å². The molecule has 6 nitrogen and oxygen atoms in total. The van der Waals surface area contributed by atoms with Crippen LogP contribution >= 0.6 is 0 Å². The highest BCUT2D eigenvalue weighted by molar-refractivity contribution is 7.89. The number of sulfonamides is 1. The van der Waals surface area contributed by atoms with E-state index in [0.29, 0.717) is 5.56 Å². The summed E-state index contributed by atoms with van der Waals surface area (Å²) >= 11 is 0. The second-order valence-electron chi connectivity index (χ2n) is 3.64. The number of nitrogens with zero attached hydrogens (tertiary/aromatic N) is 1. The molecule has 0 spiro atoms. The SMILES string of the molecule is COCC(C)NS(=O)(=O)c1ccc(CO)cn1. The number of methoxy groups -OCH3 is 1. The normalized spacial score (nSPS) is 13.6. The molecule has 1 rings (SSSR count). The Balaban J connectivity index is 2.82. The van der Waals surface area contributed by atoms with E-state index in [0.717, 1.165) is 0 Å². The third-order valence-electron chi connectivity index (χ3n) is 2.03. The minimum Gasteiger partial charge on any atom is -0.392 e. The minimum absolute atomic E-state index is 0.0716. The molecule has 17 heavy (non-hydrogen) atoms. The average molecular weight is 260 g/mol. The minimum atomic E-state index is -3.63. The Morgan fingerprint density at radius 3 is 2.71 bits per heavy atom. The molecule has 0 bridgehead atoms. The number of aromatic nitrogens is 1. The Morgan fingerprint density at radius 2 is 2.24 bits per heavy atom. The van der Waals surface area contributed by atoms with Crippen LogP contribution < -0.4 is 4.72 Å². The summed E-state index contributed by atoms with van der Waals surface area (Å²) < 4.78 is 30.9. The van der Waals surface area contributed by atoms with Crippen molar-refractivity contribution >= 4 is 10.0 Å². The van der Waals surface area contributed by atoms with Gasteiger partial charge in [0.15, 0.2) is 5.03 Å². The number of aliphatic hydroxyl groups is 1. The van der Waals surface area contributed by atoms with Crippen molar-refractivity contribution in [1.29, 1.82) is 0 Å². The first kappa shape index (κ1) is 14.0.